The van der Waals surface area contributed by atoms with E-state index in [1.807, 2.05) is 4.90 Å². The number of alkyl halides is 3. The summed E-state index contributed by atoms with van der Waals surface area (Å²) < 4.78 is 37.6. The van der Waals surface area contributed by atoms with E-state index in [2.05, 4.69) is 10.6 Å². The van der Waals surface area contributed by atoms with Gasteiger partial charge in [-0.3, -0.25) is 0 Å². The van der Waals surface area contributed by atoms with Crippen molar-refractivity contribution in [3.63, 3.8) is 0 Å². The van der Waals surface area contributed by atoms with Gasteiger partial charge < -0.3 is 25.4 Å². The highest BCUT2D eigenvalue weighted by molar-refractivity contribution is 5.74. The molecule has 3 aliphatic rings. The topological polar surface area (TPSA) is 90.9 Å². The number of carboxylic acid groups (broad SMARTS) is 1. The number of aliphatic carboxylic acids is 1. The minimum Gasteiger partial charge on any atom is -0.475 e. The van der Waals surface area contributed by atoms with Gasteiger partial charge in [0.05, 0.1) is 6.10 Å². The number of amides is 2. The molecular weight excluding hydrogens is 355 g/mol. The highest BCUT2D eigenvalue weighted by Gasteiger charge is 2.45. The summed E-state index contributed by atoms with van der Waals surface area (Å²) >= 11 is 0. The standard InChI is InChI=1S/C14H25N3O2.C2HF3O2/c18-13(17-8-1-2-9-17)16-7-4-14-5-10-19-12(14)3-6-15-11-14;3-2(4,5)1(6)7/h12,15H,1-11H2,(H,16,18);(H,6,7)/t12-,14+;/m1./s1. The monoisotopic (exact) mass is 381 g/mol. The molecule has 3 heterocycles. The van der Waals surface area contributed by atoms with Gasteiger partial charge in [0.1, 0.15) is 0 Å². The van der Waals surface area contributed by atoms with Crippen molar-refractivity contribution >= 4 is 12.0 Å². The molecule has 26 heavy (non-hydrogen) atoms. The molecule has 3 saturated heterocycles. The Labute approximate surface area is 150 Å². The van der Waals surface area contributed by atoms with Crippen LogP contribution < -0.4 is 10.6 Å². The number of hydrogen-bond acceptors (Lipinski definition) is 4. The zero-order chi connectivity index (χ0) is 19.2. The zero-order valence-electron chi connectivity index (χ0n) is 14.6. The van der Waals surface area contributed by atoms with Gasteiger partial charge in [0.25, 0.3) is 0 Å². The van der Waals surface area contributed by atoms with Gasteiger partial charge in [0.15, 0.2) is 0 Å². The predicted molar refractivity (Wildman–Crippen MR) is 86.8 cm³/mol. The fraction of sp³-hybridized carbons (Fsp3) is 0.875. The Balaban J connectivity index is 0.000000298. The maximum absolute atomic E-state index is 11.9. The number of carbonyl (C=O) groups excluding carboxylic acids is 1. The molecule has 0 aromatic carbocycles. The Kier molecular flexibility index (Phi) is 7.10. The van der Waals surface area contributed by atoms with E-state index >= 15 is 0 Å². The zero-order valence-corrected chi connectivity index (χ0v) is 14.6. The van der Waals surface area contributed by atoms with Crippen LogP contribution in [-0.4, -0.2) is 73.6 Å². The SMILES string of the molecule is O=C(NCC[C@@]12CCO[C@@H]1CCNC2)N1CCCC1.O=C(O)C(F)(F)F. The van der Waals surface area contributed by atoms with Crippen molar-refractivity contribution in [3.05, 3.63) is 0 Å². The quantitative estimate of drug-likeness (QED) is 0.691. The summed E-state index contributed by atoms with van der Waals surface area (Å²) in [6.45, 7) is 5.60. The third kappa shape index (κ3) is 5.47. The summed E-state index contributed by atoms with van der Waals surface area (Å²) in [6.07, 6.45) is 0.889. The number of rotatable bonds is 3. The maximum Gasteiger partial charge on any atom is 0.490 e. The van der Waals surface area contributed by atoms with Crippen molar-refractivity contribution in [2.24, 2.45) is 5.41 Å². The predicted octanol–water partition coefficient (Wildman–Crippen LogP) is 1.58. The molecule has 0 radical (unpaired) electrons. The summed E-state index contributed by atoms with van der Waals surface area (Å²) in [5, 5.41) is 13.7. The normalized spacial score (nSPS) is 28.1. The van der Waals surface area contributed by atoms with Crippen molar-refractivity contribution in [1.82, 2.24) is 15.5 Å². The Morgan fingerprint density at radius 2 is 1.96 bits per heavy atom. The third-order valence-corrected chi connectivity index (χ3v) is 5.20. The number of carboxylic acids is 1. The molecule has 3 N–H and O–H groups in total. The summed E-state index contributed by atoms with van der Waals surface area (Å²) in [5.74, 6) is -2.76. The number of nitrogens with zero attached hydrogens (tertiary/aromatic N) is 1. The molecular formula is C16H26F3N3O4. The third-order valence-electron chi connectivity index (χ3n) is 5.20. The van der Waals surface area contributed by atoms with Crippen LogP contribution in [-0.2, 0) is 9.53 Å². The molecule has 0 aromatic heterocycles. The number of fused-ring (bicyclic) bond motifs is 1. The number of ether oxygens (including phenoxy) is 1. The van der Waals surface area contributed by atoms with Crippen molar-refractivity contribution in [3.8, 4) is 0 Å². The van der Waals surface area contributed by atoms with E-state index in [0.717, 1.165) is 71.4 Å². The second-order valence-electron chi connectivity index (χ2n) is 6.92. The lowest BCUT2D eigenvalue weighted by Crippen LogP contribution is -2.49. The molecule has 3 aliphatic heterocycles. The molecule has 0 saturated carbocycles. The maximum atomic E-state index is 11.9. The second kappa shape index (κ2) is 8.90. The lowest BCUT2D eigenvalue weighted by atomic mass is 9.75. The number of piperidine rings is 1. The molecule has 0 aromatic rings. The van der Waals surface area contributed by atoms with Gasteiger partial charge >= 0.3 is 18.2 Å². The Hall–Kier alpha value is -1.55. The van der Waals surface area contributed by atoms with Gasteiger partial charge in [-0.05, 0) is 38.6 Å². The van der Waals surface area contributed by atoms with Crippen molar-refractivity contribution in [1.29, 1.82) is 0 Å². The van der Waals surface area contributed by atoms with Crippen LogP contribution in [0.2, 0.25) is 0 Å². The number of nitrogens with one attached hydrogen (secondary N) is 2. The average molecular weight is 381 g/mol. The van der Waals surface area contributed by atoms with E-state index in [-0.39, 0.29) is 11.4 Å². The fourth-order valence-electron chi connectivity index (χ4n) is 3.73. The lowest BCUT2D eigenvalue weighted by Gasteiger charge is -2.38. The molecule has 0 unspecified atom stereocenters. The summed E-state index contributed by atoms with van der Waals surface area (Å²) in [7, 11) is 0. The smallest absolute Gasteiger partial charge is 0.475 e. The van der Waals surface area contributed by atoms with Crippen LogP contribution in [0.15, 0.2) is 0 Å². The van der Waals surface area contributed by atoms with Crippen LogP contribution in [0.4, 0.5) is 18.0 Å². The van der Waals surface area contributed by atoms with Crippen LogP contribution in [0.3, 0.4) is 0 Å². The van der Waals surface area contributed by atoms with Crippen LogP contribution in [0, 0.1) is 5.41 Å². The van der Waals surface area contributed by atoms with E-state index in [9.17, 15) is 18.0 Å². The average Bonchev–Trinajstić information content (AvgIpc) is 3.24. The molecule has 0 bridgehead atoms. The van der Waals surface area contributed by atoms with E-state index in [1.54, 1.807) is 0 Å². The number of halogens is 3. The highest BCUT2D eigenvalue weighted by Crippen LogP contribution is 2.40. The molecule has 0 aliphatic carbocycles. The minimum atomic E-state index is -5.08. The Morgan fingerprint density at radius 3 is 2.58 bits per heavy atom. The van der Waals surface area contributed by atoms with E-state index in [4.69, 9.17) is 14.6 Å². The molecule has 7 nitrogen and oxygen atoms in total. The number of likely N-dealkylation sites (tertiary alicyclic amines) is 1. The first kappa shape index (κ1) is 20.8. The van der Waals surface area contributed by atoms with Crippen LogP contribution in [0.1, 0.15) is 32.1 Å². The molecule has 10 heteroatoms. The molecule has 3 rings (SSSR count). The number of urea groups is 1. The summed E-state index contributed by atoms with van der Waals surface area (Å²) in [4.78, 5) is 22.8. The first-order valence-electron chi connectivity index (χ1n) is 8.90. The second-order valence-corrected chi connectivity index (χ2v) is 6.92. The van der Waals surface area contributed by atoms with Crippen LogP contribution in [0.5, 0.6) is 0 Å². The molecule has 2 amide bonds. The van der Waals surface area contributed by atoms with E-state index in [1.165, 1.54) is 0 Å². The number of hydrogen-bond donors (Lipinski definition) is 3. The van der Waals surface area contributed by atoms with Crippen molar-refractivity contribution in [2.75, 3.05) is 39.3 Å². The van der Waals surface area contributed by atoms with Gasteiger partial charge in [-0.1, -0.05) is 0 Å². The Bertz CT molecular complexity index is 498. The van der Waals surface area contributed by atoms with Crippen molar-refractivity contribution < 1.29 is 32.6 Å². The summed E-state index contributed by atoms with van der Waals surface area (Å²) in [5.41, 5.74) is 0.260. The van der Waals surface area contributed by atoms with Crippen LogP contribution in [0.25, 0.3) is 0 Å². The summed E-state index contributed by atoms with van der Waals surface area (Å²) in [6, 6.07) is 0.119. The first-order valence-corrected chi connectivity index (χ1v) is 8.90. The van der Waals surface area contributed by atoms with E-state index < -0.39 is 12.1 Å². The van der Waals surface area contributed by atoms with Gasteiger partial charge in [-0.15, -0.1) is 0 Å². The molecule has 0 spiro atoms. The largest absolute Gasteiger partial charge is 0.490 e. The molecule has 3 fully saturated rings. The fourth-order valence-corrected chi connectivity index (χ4v) is 3.73. The van der Waals surface area contributed by atoms with Crippen molar-refractivity contribution in [2.45, 2.75) is 44.4 Å². The lowest BCUT2D eigenvalue weighted by molar-refractivity contribution is -0.192. The van der Waals surface area contributed by atoms with Gasteiger partial charge in [0.2, 0.25) is 0 Å². The number of carbonyl (C=O) groups is 2. The highest BCUT2D eigenvalue weighted by atomic mass is 19.4. The van der Waals surface area contributed by atoms with E-state index in [0.29, 0.717) is 6.10 Å². The minimum absolute atomic E-state index is 0.119. The van der Waals surface area contributed by atoms with Gasteiger partial charge in [0, 0.05) is 38.2 Å². The molecule has 2 atom stereocenters. The van der Waals surface area contributed by atoms with Crippen LogP contribution >= 0.6 is 0 Å². The van der Waals surface area contributed by atoms with Gasteiger partial charge in [-0.2, -0.15) is 13.2 Å². The molecule has 150 valence electrons. The van der Waals surface area contributed by atoms with Gasteiger partial charge in [-0.25, -0.2) is 9.59 Å². The first-order chi connectivity index (χ1) is 12.2. The Morgan fingerprint density at radius 1 is 1.31 bits per heavy atom.